The van der Waals surface area contributed by atoms with E-state index in [1.165, 1.54) is 0 Å². The lowest BCUT2D eigenvalue weighted by atomic mass is 10.3. The third-order valence-electron chi connectivity index (χ3n) is 3.97. The van der Waals surface area contributed by atoms with Crippen molar-refractivity contribution in [3.8, 4) is 5.69 Å². The highest BCUT2D eigenvalue weighted by Gasteiger charge is 2.16. The van der Waals surface area contributed by atoms with Crippen molar-refractivity contribution >= 4 is 34.4 Å². The minimum atomic E-state index is 0.632. The van der Waals surface area contributed by atoms with E-state index in [-0.39, 0.29) is 0 Å². The maximum Gasteiger partial charge on any atom is 0.162 e. The molecule has 3 heterocycles. The molecule has 0 atom stereocenters. The van der Waals surface area contributed by atoms with Gasteiger partial charge in [-0.05, 0) is 19.1 Å². The fourth-order valence-corrected chi connectivity index (χ4v) is 4.10. The molecule has 4 rings (SSSR count). The van der Waals surface area contributed by atoms with Crippen molar-refractivity contribution in [3.63, 3.8) is 0 Å². The van der Waals surface area contributed by atoms with E-state index in [1.807, 2.05) is 44.3 Å². The highest BCUT2D eigenvalue weighted by atomic mass is 35.5. The highest BCUT2D eigenvalue weighted by molar-refractivity contribution is 7.98. The largest absolute Gasteiger partial charge is 0.250 e. The molecule has 6 nitrogen and oxygen atoms in total. The molecule has 0 fully saturated rings. The van der Waals surface area contributed by atoms with Crippen LogP contribution in [0, 0.1) is 6.92 Å². The van der Waals surface area contributed by atoms with Gasteiger partial charge >= 0.3 is 0 Å². The van der Waals surface area contributed by atoms with Gasteiger partial charge in [0.05, 0.1) is 23.0 Å². The number of aryl methyl sites for hydroxylation is 2. The molecule has 1 aromatic carbocycles. The summed E-state index contributed by atoms with van der Waals surface area (Å²) in [6.45, 7) is 1.97. The first kappa shape index (κ1) is 16.1. The Bertz CT molecular complexity index is 1040. The van der Waals surface area contributed by atoms with E-state index in [1.54, 1.807) is 33.6 Å². The predicted molar refractivity (Wildman–Crippen MR) is 99.2 cm³/mol. The molecule has 0 aliphatic rings. The molecule has 0 unspecified atom stereocenters. The Hall–Kier alpha value is -2.38. The van der Waals surface area contributed by atoms with Gasteiger partial charge in [-0.15, -0.1) is 11.8 Å². The summed E-state index contributed by atoms with van der Waals surface area (Å²) in [5.74, 6) is 0.679. The summed E-state index contributed by atoms with van der Waals surface area (Å²) in [5.41, 5.74) is 3.69. The summed E-state index contributed by atoms with van der Waals surface area (Å²) in [7, 11) is 1.87. The van der Waals surface area contributed by atoms with Crippen LogP contribution in [0.15, 0.2) is 47.9 Å². The molecule has 0 N–H and O–H groups in total. The summed E-state index contributed by atoms with van der Waals surface area (Å²) in [5, 5.41) is 11.3. The quantitative estimate of drug-likeness (QED) is 0.404. The van der Waals surface area contributed by atoms with Gasteiger partial charge in [0, 0.05) is 18.4 Å². The molecular formula is C17H15ClN6S. The lowest BCUT2D eigenvalue weighted by Gasteiger charge is -2.04. The third kappa shape index (κ3) is 2.89. The molecule has 4 aromatic rings. The first-order chi connectivity index (χ1) is 12.1. The Labute approximate surface area is 153 Å². The summed E-state index contributed by atoms with van der Waals surface area (Å²) in [6.07, 6.45) is 3.35. The number of benzene rings is 1. The zero-order valence-corrected chi connectivity index (χ0v) is 15.3. The van der Waals surface area contributed by atoms with E-state index in [9.17, 15) is 0 Å². The van der Waals surface area contributed by atoms with Crippen molar-refractivity contribution in [2.75, 3.05) is 0 Å². The van der Waals surface area contributed by atoms with Gasteiger partial charge in [0.1, 0.15) is 16.5 Å². The summed E-state index contributed by atoms with van der Waals surface area (Å²) in [6, 6.07) is 9.88. The van der Waals surface area contributed by atoms with Crippen molar-refractivity contribution in [3.05, 3.63) is 59.3 Å². The van der Waals surface area contributed by atoms with Crippen LogP contribution >= 0.6 is 23.4 Å². The van der Waals surface area contributed by atoms with Crippen molar-refractivity contribution in [1.82, 2.24) is 29.5 Å². The smallest absolute Gasteiger partial charge is 0.162 e. The first-order valence-electron chi connectivity index (χ1n) is 7.70. The zero-order valence-electron chi connectivity index (χ0n) is 13.7. The Morgan fingerprint density at radius 1 is 1.16 bits per heavy atom. The van der Waals surface area contributed by atoms with E-state index >= 15 is 0 Å². The zero-order chi connectivity index (χ0) is 17.4. The molecule has 0 spiro atoms. The number of hydrogen-bond donors (Lipinski definition) is 0. The third-order valence-corrected chi connectivity index (χ3v) is 5.39. The van der Waals surface area contributed by atoms with Gasteiger partial charge in [-0.25, -0.2) is 14.6 Å². The molecule has 0 amide bonds. The topological polar surface area (TPSA) is 61.4 Å². The monoisotopic (exact) mass is 370 g/mol. The van der Waals surface area contributed by atoms with Gasteiger partial charge in [-0.2, -0.15) is 10.2 Å². The van der Waals surface area contributed by atoms with Gasteiger partial charge in [-0.1, -0.05) is 29.8 Å². The van der Waals surface area contributed by atoms with Crippen LogP contribution in [-0.4, -0.2) is 29.5 Å². The number of halogens is 1. The van der Waals surface area contributed by atoms with E-state index in [0.717, 1.165) is 33.0 Å². The Morgan fingerprint density at radius 2 is 1.96 bits per heavy atom. The van der Waals surface area contributed by atoms with Gasteiger partial charge in [0.25, 0.3) is 0 Å². The number of aromatic nitrogens is 6. The summed E-state index contributed by atoms with van der Waals surface area (Å²) in [4.78, 5) is 8.66. The molecular weight excluding hydrogens is 356 g/mol. The Balaban J connectivity index is 1.64. The molecule has 0 aliphatic carbocycles. The Kier molecular flexibility index (Phi) is 4.19. The van der Waals surface area contributed by atoms with Crippen LogP contribution in [0.5, 0.6) is 0 Å². The van der Waals surface area contributed by atoms with E-state index < -0.39 is 0 Å². The second-order valence-electron chi connectivity index (χ2n) is 5.58. The maximum atomic E-state index is 6.59. The number of para-hydroxylation sites is 1. The number of hydrogen-bond acceptors (Lipinski definition) is 5. The van der Waals surface area contributed by atoms with Crippen LogP contribution in [0.25, 0.3) is 16.7 Å². The molecule has 25 heavy (non-hydrogen) atoms. The summed E-state index contributed by atoms with van der Waals surface area (Å²) < 4.78 is 3.51. The molecule has 3 aromatic heterocycles. The van der Waals surface area contributed by atoms with E-state index in [4.69, 9.17) is 11.6 Å². The van der Waals surface area contributed by atoms with Crippen LogP contribution in [0.2, 0.25) is 5.15 Å². The minimum Gasteiger partial charge on any atom is -0.250 e. The second kappa shape index (κ2) is 6.50. The van der Waals surface area contributed by atoms with Crippen LogP contribution in [0.3, 0.4) is 0 Å². The highest BCUT2D eigenvalue weighted by Crippen LogP contribution is 2.32. The molecule has 0 bridgehead atoms. The average Bonchev–Trinajstić information content (AvgIpc) is 3.15. The molecule has 0 radical (unpaired) electrons. The Morgan fingerprint density at radius 3 is 2.76 bits per heavy atom. The van der Waals surface area contributed by atoms with Gasteiger partial charge < -0.3 is 0 Å². The standard InChI is InChI=1S/C17H15ClN6S/c1-11-14(15(18)24(22-11)12-6-4-3-5-7-12)9-25-17-13-8-21-23(2)16(13)19-10-20-17/h3-8,10H,9H2,1-2H3. The minimum absolute atomic E-state index is 0.632. The lowest BCUT2D eigenvalue weighted by Crippen LogP contribution is -1.96. The number of rotatable bonds is 4. The molecule has 8 heteroatoms. The van der Waals surface area contributed by atoms with Gasteiger partial charge in [-0.3, -0.25) is 4.68 Å². The SMILES string of the molecule is Cc1nn(-c2ccccc2)c(Cl)c1CSc1ncnc2c1cnn2C. The van der Waals surface area contributed by atoms with Gasteiger partial charge in [0.15, 0.2) is 5.65 Å². The van der Waals surface area contributed by atoms with Gasteiger partial charge in [0.2, 0.25) is 0 Å². The number of nitrogens with zero attached hydrogens (tertiary/aromatic N) is 6. The van der Waals surface area contributed by atoms with E-state index in [0.29, 0.717) is 10.9 Å². The summed E-state index contributed by atoms with van der Waals surface area (Å²) >= 11 is 8.20. The van der Waals surface area contributed by atoms with E-state index in [2.05, 4.69) is 20.2 Å². The average molecular weight is 371 g/mol. The molecule has 0 aliphatic heterocycles. The first-order valence-corrected chi connectivity index (χ1v) is 9.06. The fraction of sp³-hybridized carbons (Fsp3) is 0.176. The fourth-order valence-electron chi connectivity index (χ4n) is 2.63. The second-order valence-corrected chi connectivity index (χ2v) is 6.90. The number of fused-ring (bicyclic) bond motifs is 1. The van der Waals surface area contributed by atoms with Crippen LogP contribution in [0.4, 0.5) is 0 Å². The predicted octanol–water partition coefficient (Wildman–Crippen LogP) is 3.80. The van der Waals surface area contributed by atoms with Crippen LogP contribution in [0.1, 0.15) is 11.3 Å². The molecule has 0 saturated heterocycles. The van der Waals surface area contributed by atoms with Crippen molar-refractivity contribution in [2.45, 2.75) is 17.7 Å². The normalized spacial score (nSPS) is 11.3. The maximum absolute atomic E-state index is 6.59. The van der Waals surface area contributed by atoms with Crippen molar-refractivity contribution < 1.29 is 0 Å². The molecule has 0 saturated carbocycles. The number of thioether (sulfide) groups is 1. The van der Waals surface area contributed by atoms with Crippen LogP contribution in [-0.2, 0) is 12.8 Å². The molecule has 126 valence electrons. The lowest BCUT2D eigenvalue weighted by molar-refractivity contribution is 0.784. The van der Waals surface area contributed by atoms with Crippen LogP contribution < -0.4 is 0 Å². The van der Waals surface area contributed by atoms with Crippen molar-refractivity contribution in [2.24, 2.45) is 7.05 Å². The van der Waals surface area contributed by atoms with Crippen molar-refractivity contribution in [1.29, 1.82) is 0 Å².